The zero-order valence-corrected chi connectivity index (χ0v) is 7.94. The zero-order valence-electron chi connectivity index (χ0n) is 7.94. The van der Waals surface area contributed by atoms with E-state index in [1.54, 1.807) is 0 Å². The minimum atomic E-state index is 1.19. The molecular formula is C11H15N. The largest absolute Gasteiger partial charge is 0.362 e. The van der Waals surface area contributed by atoms with Crippen molar-refractivity contribution in [3.05, 3.63) is 35.2 Å². The van der Waals surface area contributed by atoms with Crippen molar-refractivity contribution in [3.63, 3.8) is 0 Å². The molecule has 0 aliphatic heterocycles. The second kappa shape index (κ2) is 3.44. The summed E-state index contributed by atoms with van der Waals surface area (Å²) in [6, 6.07) is 0. The number of hydrogen-bond acceptors (Lipinski definition) is 0. The fraction of sp³-hybridized carbons (Fsp3) is 0.273. The van der Waals surface area contributed by atoms with Gasteiger partial charge in [-0.25, -0.2) is 0 Å². The maximum atomic E-state index is 3.79. The Morgan fingerprint density at radius 3 is 2.25 bits per heavy atom. The Hall–Kier alpha value is -1.24. The molecule has 0 fully saturated rings. The Labute approximate surface area is 73.8 Å². The minimum absolute atomic E-state index is 1.19. The molecule has 1 heteroatoms. The summed E-state index contributed by atoms with van der Waals surface area (Å²) in [4.78, 5) is 3.29. The molecule has 1 N–H and O–H groups in total. The molecule has 0 spiro atoms. The van der Waals surface area contributed by atoms with Crippen LogP contribution in [0.3, 0.4) is 0 Å². The molecule has 0 aliphatic carbocycles. The first-order valence-electron chi connectivity index (χ1n) is 4.15. The molecule has 0 saturated carbocycles. The molecule has 0 aliphatic rings. The van der Waals surface area contributed by atoms with E-state index in [2.05, 4.69) is 31.5 Å². The van der Waals surface area contributed by atoms with Crippen LogP contribution in [0.25, 0.3) is 12.2 Å². The van der Waals surface area contributed by atoms with Gasteiger partial charge in [0.2, 0.25) is 0 Å². The van der Waals surface area contributed by atoms with Crippen LogP contribution in [0.1, 0.15) is 29.4 Å². The molecule has 12 heavy (non-hydrogen) atoms. The maximum absolute atomic E-state index is 3.79. The number of hydrogen-bond donors (Lipinski definition) is 1. The van der Waals surface area contributed by atoms with Gasteiger partial charge in [-0.3, -0.25) is 0 Å². The van der Waals surface area contributed by atoms with Gasteiger partial charge in [0.05, 0.1) is 0 Å². The topological polar surface area (TPSA) is 15.8 Å². The molecule has 0 bridgehead atoms. The van der Waals surface area contributed by atoms with Crippen LogP contribution in [-0.4, -0.2) is 4.98 Å². The Kier molecular flexibility index (Phi) is 2.54. The van der Waals surface area contributed by atoms with Crippen molar-refractivity contribution in [2.24, 2.45) is 0 Å². The van der Waals surface area contributed by atoms with Gasteiger partial charge in [-0.05, 0) is 20.8 Å². The third-order valence-corrected chi connectivity index (χ3v) is 2.01. The van der Waals surface area contributed by atoms with Crippen LogP contribution in [0.15, 0.2) is 12.7 Å². The lowest BCUT2D eigenvalue weighted by Crippen LogP contribution is -1.76. The highest BCUT2D eigenvalue weighted by atomic mass is 14.7. The third-order valence-electron chi connectivity index (χ3n) is 2.01. The molecule has 0 saturated heterocycles. The average Bonchev–Trinajstić information content (AvgIpc) is 2.28. The summed E-state index contributed by atoms with van der Waals surface area (Å²) in [5.74, 6) is 0. The van der Waals surface area contributed by atoms with Crippen molar-refractivity contribution < 1.29 is 0 Å². The zero-order chi connectivity index (χ0) is 9.14. The van der Waals surface area contributed by atoms with Gasteiger partial charge in [0, 0.05) is 22.5 Å². The highest BCUT2D eigenvalue weighted by Crippen LogP contribution is 2.20. The van der Waals surface area contributed by atoms with E-state index < -0.39 is 0 Å². The summed E-state index contributed by atoms with van der Waals surface area (Å²) >= 11 is 0. The van der Waals surface area contributed by atoms with Gasteiger partial charge < -0.3 is 4.98 Å². The number of allylic oxidation sites excluding steroid dienone is 1. The standard InChI is InChI=1S/C11H15N/c1-5-7-11-9(4)12-8(3)10(11)6-2/h5-7,12H,2H2,1,3-4H3/b7-5-. The number of aromatic amines is 1. The van der Waals surface area contributed by atoms with Gasteiger partial charge in [0.15, 0.2) is 0 Å². The number of H-pyrrole nitrogens is 1. The van der Waals surface area contributed by atoms with Gasteiger partial charge in [-0.1, -0.05) is 24.8 Å². The summed E-state index contributed by atoms with van der Waals surface area (Å²) in [6.07, 6.45) is 6.05. The van der Waals surface area contributed by atoms with Crippen LogP contribution in [-0.2, 0) is 0 Å². The van der Waals surface area contributed by atoms with Gasteiger partial charge in [-0.2, -0.15) is 0 Å². The first-order chi connectivity index (χ1) is 5.70. The van der Waals surface area contributed by atoms with Crippen LogP contribution in [0.5, 0.6) is 0 Å². The Morgan fingerprint density at radius 2 is 1.75 bits per heavy atom. The SMILES string of the molecule is C=Cc1c(C)[nH]c(C)c1/C=C\C. The predicted molar refractivity (Wildman–Crippen MR) is 55.1 cm³/mol. The fourth-order valence-corrected chi connectivity index (χ4v) is 1.46. The van der Waals surface area contributed by atoms with E-state index in [4.69, 9.17) is 0 Å². The lowest BCUT2D eigenvalue weighted by Gasteiger charge is -1.93. The molecule has 1 rings (SSSR count). The number of aryl methyl sites for hydroxylation is 2. The Bertz CT molecular complexity index is 316. The van der Waals surface area contributed by atoms with Crippen molar-refractivity contribution in [1.29, 1.82) is 0 Å². The van der Waals surface area contributed by atoms with Crippen molar-refractivity contribution in [2.45, 2.75) is 20.8 Å². The lowest BCUT2D eigenvalue weighted by molar-refractivity contribution is 1.18. The quantitative estimate of drug-likeness (QED) is 0.685. The highest BCUT2D eigenvalue weighted by molar-refractivity contribution is 5.68. The van der Waals surface area contributed by atoms with E-state index in [0.29, 0.717) is 0 Å². The van der Waals surface area contributed by atoms with Gasteiger partial charge >= 0.3 is 0 Å². The normalized spacial score (nSPS) is 10.9. The van der Waals surface area contributed by atoms with Gasteiger partial charge in [-0.15, -0.1) is 0 Å². The van der Waals surface area contributed by atoms with Crippen LogP contribution < -0.4 is 0 Å². The summed E-state index contributed by atoms with van der Waals surface area (Å²) in [7, 11) is 0. The number of aromatic nitrogens is 1. The molecule has 0 radical (unpaired) electrons. The molecule has 1 aromatic rings. The van der Waals surface area contributed by atoms with E-state index in [1.807, 2.05) is 19.1 Å². The van der Waals surface area contributed by atoms with Crippen LogP contribution >= 0.6 is 0 Å². The van der Waals surface area contributed by atoms with Crippen LogP contribution in [0.2, 0.25) is 0 Å². The van der Waals surface area contributed by atoms with E-state index in [0.717, 1.165) is 0 Å². The van der Waals surface area contributed by atoms with Crippen LogP contribution in [0, 0.1) is 13.8 Å². The van der Waals surface area contributed by atoms with Gasteiger partial charge in [0.1, 0.15) is 0 Å². The molecule has 1 aromatic heterocycles. The fourth-order valence-electron chi connectivity index (χ4n) is 1.46. The summed E-state index contributed by atoms with van der Waals surface area (Å²) in [5.41, 5.74) is 4.87. The van der Waals surface area contributed by atoms with E-state index in [-0.39, 0.29) is 0 Å². The van der Waals surface area contributed by atoms with E-state index in [9.17, 15) is 0 Å². The average molecular weight is 161 g/mol. The third kappa shape index (κ3) is 1.35. The molecule has 1 heterocycles. The minimum Gasteiger partial charge on any atom is -0.362 e. The molecule has 0 atom stereocenters. The molecule has 1 nitrogen and oxygen atoms in total. The molecule has 0 aromatic carbocycles. The van der Waals surface area contributed by atoms with Crippen molar-refractivity contribution in [3.8, 4) is 0 Å². The van der Waals surface area contributed by atoms with Crippen molar-refractivity contribution in [2.75, 3.05) is 0 Å². The molecule has 64 valence electrons. The molecule has 0 amide bonds. The first kappa shape index (κ1) is 8.85. The maximum Gasteiger partial charge on any atom is 0.0197 e. The number of nitrogens with one attached hydrogen (secondary N) is 1. The first-order valence-corrected chi connectivity index (χ1v) is 4.15. The molecular weight excluding hydrogens is 146 g/mol. The smallest absolute Gasteiger partial charge is 0.0197 e. The monoisotopic (exact) mass is 161 g/mol. The Balaban J connectivity index is 3.31. The second-order valence-corrected chi connectivity index (χ2v) is 2.91. The van der Waals surface area contributed by atoms with E-state index >= 15 is 0 Å². The summed E-state index contributed by atoms with van der Waals surface area (Å²) in [5, 5.41) is 0. The second-order valence-electron chi connectivity index (χ2n) is 2.91. The van der Waals surface area contributed by atoms with Gasteiger partial charge in [0.25, 0.3) is 0 Å². The predicted octanol–water partition coefficient (Wildman–Crippen LogP) is 3.31. The lowest BCUT2D eigenvalue weighted by atomic mass is 10.1. The van der Waals surface area contributed by atoms with Crippen LogP contribution in [0.4, 0.5) is 0 Å². The summed E-state index contributed by atoms with van der Waals surface area (Å²) in [6.45, 7) is 9.96. The van der Waals surface area contributed by atoms with Crippen molar-refractivity contribution >= 4 is 12.2 Å². The van der Waals surface area contributed by atoms with Crippen molar-refractivity contribution in [1.82, 2.24) is 4.98 Å². The Morgan fingerprint density at radius 1 is 1.17 bits per heavy atom. The number of rotatable bonds is 2. The summed E-state index contributed by atoms with van der Waals surface area (Å²) < 4.78 is 0. The van der Waals surface area contributed by atoms with E-state index in [1.165, 1.54) is 22.5 Å². The highest BCUT2D eigenvalue weighted by Gasteiger charge is 2.05. The molecule has 0 unspecified atom stereocenters.